The largest absolute Gasteiger partial charge is 0.459 e. The van der Waals surface area contributed by atoms with Crippen molar-refractivity contribution in [3.05, 3.63) is 64.9 Å². The van der Waals surface area contributed by atoms with Gasteiger partial charge in [0, 0.05) is 18.2 Å². The van der Waals surface area contributed by atoms with Gasteiger partial charge in [0.05, 0.1) is 30.2 Å². The predicted molar refractivity (Wildman–Crippen MR) is 146 cm³/mol. The van der Waals surface area contributed by atoms with Gasteiger partial charge in [0.1, 0.15) is 18.1 Å². The molecule has 8 nitrogen and oxygen atoms in total. The number of hydrogen-bond acceptors (Lipinski definition) is 7. The summed E-state index contributed by atoms with van der Waals surface area (Å²) in [6.45, 7) is 1.43. The fourth-order valence-corrected chi connectivity index (χ4v) is 6.84. The molecule has 8 heteroatoms. The number of rotatable bonds is 9. The Morgan fingerprint density at radius 2 is 1.92 bits per heavy atom. The average molecular weight is 535 g/mol. The number of aliphatic hydroxyl groups excluding tert-OH is 3. The molecule has 39 heavy (non-hydrogen) atoms. The summed E-state index contributed by atoms with van der Waals surface area (Å²) in [6.07, 6.45) is 8.80. The Labute approximate surface area is 229 Å². The fourth-order valence-electron chi connectivity index (χ4n) is 6.84. The van der Waals surface area contributed by atoms with Crippen LogP contribution in [0.1, 0.15) is 75.5 Å². The van der Waals surface area contributed by atoms with Crippen molar-refractivity contribution in [1.82, 2.24) is 9.88 Å². The molecule has 0 radical (unpaired) electrons. The molecule has 5 rings (SSSR count). The zero-order chi connectivity index (χ0) is 27.5. The second kappa shape index (κ2) is 12.0. The minimum Gasteiger partial charge on any atom is -0.459 e. The fraction of sp³-hybridized carbons (Fsp3) is 0.516. The maximum Gasteiger partial charge on any atom is 0.234 e. The second-order valence-corrected chi connectivity index (χ2v) is 11.1. The second-order valence-electron chi connectivity index (χ2n) is 11.1. The van der Waals surface area contributed by atoms with E-state index in [4.69, 9.17) is 4.42 Å². The van der Waals surface area contributed by atoms with Crippen LogP contribution in [0.5, 0.6) is 0 Å². The number of fused-ring (bicyclic) bond motifs is 1. The number of aromatic nitrogens is 1. The Hall–Kier alpha value is -3.07. The van der Waals surface area contributed by atoms with Gasteiger partial charge < -0.3 is 19.7 Å². The maximum absolute atomic E-state index is 13.6. The summed E-state index contributed by atoms with van der Waals surface area (Å²) < 4.78 is 5.66. The van der Waals surface area contributed by atoms with E-state index in [0.29, 0.717) is 36.4 Å². The molecule has 2 aliphatic carbocycles. The predicted octanol–water partition coefficient (Wildman–Crippen LogP) is 4.11. The number of pyridine rings is 1. The van der Waals surface area contributed by atoms with Crippen molar-refractivity contribution in [3.8, 4) is 0 Å². The molecule has 0 aromatic carbocycles. The summed E-state index contributed by atoms with van der Waals surface area (Å²) >= 11 is 0. The monoisotopic (exact) mass is 534 g/mol. The van der Waals surface area contributed by atoms with Crippen LogP contribution in [0.4, 0.5) is 0 Å². The van der Waals surface area contributed by atoms with E-state index in [9.17, 15) is 24.9 Å². The molecule has 3 N–H and O–H groups in total. The lowest BCUT2D eigenvalue weighted by molar-refractivity contribution is -0.143. The zero-order valence-corrected chi connectivity index (χ0v) is 22.5. The molecule has 1 aliphatic heterocycles. The quantitative estimate of drug-likeness (QED) is 0.327. The molecule has 3 aliphatic rings. The van der Waals surface area contributed by atoms with Gasteiger partial charge in [0.15, 0.2) is 0 Å². The standard InChI is InChI=1S/C31H38N2O6/c1-19-15-24-29(31(38)33(30(24)37)21-7-3-2-4-8-21)25(18-35)28(19)27(36)13-10-20(26-9-5-6-14-32-26)16-22-11-12-23(17-34)39-22/h5-6,9,11-12,14,16,21,24-25,27,29,34-36H,2-4,7-8,10,13,15,17-18H2,1H3/b20-16-/t24-,25+,27-,29-/m1/s1. The normalized spacial score (nSPS) is 25.4. The highest BCUT2D eigenvalue weighted by Gasteiger charge is 2.55. The Bertz CT molecular complexity index is 1240. The maximum atomic E-state index is 13.6. The van der Waals surface area contributed by atoms with E-state index in [1.54, 1.807) is 18.3 Å². The van der Waals surface area contributed by atoms with Gasteiger partial charge in [0.2, 0.25) is 11.8 Å². The third-order valence-corrected chi connectivity index (χ3v) is 8.69. The van der Waals surface area contributed by atoms with Gasteiger partial charge in [0.25, 0.3) is 0 Å². The molecule has 1 saturated heterocycles. The molecular formula is C31H38N2O6. The molecular weight excluding hydrogens is 496 g/mol. The molecule has 2 amide bonds. The van der Waals surface area contributed by atoms with Gasteiger partial charge in [-0.3, -0.25) is 19.5 Å². The number of nitrogens with zero attached hydrogens (tertiary/aromatic N) is 2. The highest BCUT2D eigenvalue weighted by molar-refractivity contribution is 6.06. The third-order valence-electron chi connectivity index (χ3n) is 8.69. The Kier molecular flexibility index (Phi) is 8.45. The first-order chi connectivity index (χ1) is 18.9. The summed E-state index contributed by atoms with van der Waals surface area (Å²) in [6, 6.07) is 9.07. The van der Waals surface area contributed by atoms with E-state index in [1.807, 2.05) is 31.2 Å². The molecule has 1 saturated carbocycles. The van der Waals surface area contributed by atoms with Crippen molar-refractivity contribution in [2.75, 3.05) is 6.61 Å². The number of amides is 2. The van der Waals surface area contributed by atoms with Crippen molar-refractivity contribution in [1.29, 1.82) is 0 Å². The summed E-state index contributed by atoms with van der Waals surface area (Å²) in [4.78, 5) is 33.0. The van der Waals surface area contributed by atoms with Crippen molar-refractivity contribution in [2.45, 2.75) is 77.0 Å². The number of furan rings is 1. The molecule has 4 atom stereocenters. The lowest BCUT2D eigenvalue weighted by Crippen LogP contribution is -2.42. The van der Waals surface area contributed by atoms with Gasteiger partial charge in [-0.2, -0.15) is 0 Å². The number of carbonyl (C=O) groups is 2. The van der Waals surface area contributed by atoms with Crippen LogP contribution in [0.25, 0.3) is 11.6 Å². The Morgan fingerprint density at radius 1 is 1.13 bits per heavy atom. The molecule has 0 spiro atoms. The lowest BCUT2D eigenvalue weighted by atomic mass is 9.68. The first-order valence-corrected chi connectivity index (χ1v) is 14.1. The van der Waals surface area contributed by atoms with Gasteiger partial charge in [-0.05, 0) is 80.5 Å². The van der Waals surface area contributed by atoms with Gasteiger partial charge in [-0.25, -0.2) is 0 Å². The first kappa shape index (κ1) is 27.5. The number of allylic oxidation sites excluding steroid dienone is 2. The van der Waals surface area contributed by atoms with Crippen LogP contribution in [0.3, 0.4) is 0 Å². The van der Waals surface area contributed by atoms with E-state index in [0.717, 1.165) is 48.9 Å². The molecule has 2 fully saturated rings. The Morgan fingerprint density at radius 3 is 2.59 bits per heavy atom. The smallest absolute Gasteiger partial charge is 0.234 e. The van der Waals surface area contributed by atoms with Crippen LogP contribution in [0, 0.1) is 17.8 Å². The first-order valence-electron chi connectivity index (χ1n) is 14.1. The van der Waals surface area contributed by atoms with Crippen molar-refractivity contribution in [2.24, 2.45) is 17.8 Å². The minimum atomic E-state index is -0.883. The highest BCUT2D eigenvalue weighted by atomic mass is 16.4. The van der Waals surface area contributed by atoms with E-state index in [1.165, 1.54) is 4.90 Å². The number of imide groups is 1. The van der Waals surface area contributed by atoms with Crippen LogP contribution < -0.4 is 0 Å². The van der Waals surface area contributed by atoms with Crippen LogP contribution in [0.15, 0.2) is 52.1 Å². The van der Waals surface area contributed by atoms with Crippen LogP contribution in [-0.4, -0.2) is 55.8 Å². The van der Waals surface area contributed by atoms with E-state index < -0.39 is 23.9 Å². The van der Waals surface area contributed by atoms with Crippen LogP contribution >= 0.6 is 0 Å². The zero-order valence-electron chi connectivity index (χ0n) is 22.5. The molecule has 0 unspecified atom stereocenters. The lowest BCUT2D eigenvalue weighted by Gasteiger charge is -2.35. The van der Waals surface area contributed by atoms with Crippen molar-refractivity contribution in [3.63, 3.8) is 0 Å². The average Bonchev–Trinajstić information content (AvgIpc) is 3.52. The van der Waals surface area contributed by atoms with Gasteiger partial charge in [-0.1, -0.05) is 30.9 Å². The molecule has 3 heterocycles. The summed E-state index contributed by atoms with van der Waals surface area (Å²) in [7, 11) is 0. The molecule has 208 valence electrons. The third kappa shape index (κ3) is 5.51. The summed E-state index contributed by atoms with van der Waals surface area (Å²) in [5.74, 6) is -0.911. The molecule has 2 aromatic heterocycles. The van der Waals surface area contributed by atoms with Gasteiger partial charge in [-0.15, -0.1) is 0 Å². The van der Waals surface area contributed by atoms with Crippen molar-refractivity contribution >= 4 is 23.5 Å². The van der Waals surface area contributed by atoms with Crippen LogP contribution in [0.2, 0.25) is 0 Å². The molecule has 0 bridgehead atoms. The number of aliphatic hydroxyl groups is 3. The van der Waals surface area contributed by atoms with Crippen molar-refractivity contribution < 1.29 is 29.3 Å². The van der Waals surface area contributed by atoms with Gasteiger partial charge >= 0.3 is 0 Å². The Balaban J connectivity index is 1.36. The summed E-state index contributed by atoms with van der Waals surface area (Å²) in [5.41, 5.74) is 3.18. The summed E-state index contributed by atoms with van der Waals surface area (Å²) in [5, 5.41) is 31.3. The van der Waals surface area contributed by atoms with E-state index >= 15 is 0 Å². The number of likely N-dealkylation sites (tertiary alicyclic amines) is 1. The number of hydrogen-bond donors (Lipinski definition) is 3. The molecule has 2 aromatic rings. The SMILES string of the molecule is CC1=C([C@H](O)CC/C(=C/c2ccc(CO)o2)c2ccccn2)[C@H](CO)[C@@H]2C(=O)N(C3CCCCC3)C(=O)[C@@H]2C1. The number of carbonyl (C=O) groups excluding carboxylic acids is 2. The topological polar surface area (TPSA) is 124 Å². The van der Waals surface area contributed by atoms with E-state index in [2.05, 4.69) is 4.98 Å². The minimum absolute atomic E-state index is 0.0450. The van der Waals surface area contributed by atoms with Crippen LogP contribution in [-0.2, 0) is 16.2 Å². The van der Waals surface area contributed by atoms with E-state index in [-0.39, 0.29) is 31.1 Å². The highest BCUT2D eigenvalue weighted by Crippen LogP contribution is 2.47.